The van der Waals surface area contributed by atoms with E-state index in [1.165, 1.54) is 6.92 Å². The molecule has 4 bridgehead atoms. The predicted molar refractivity (Wildman–Crippen MR) is 90.2 cm³/mol. The van der Waals surface area contributed by atoms with Crippen molar-refractivity contribution in [1.82, 2.24) is 0 Å². The second-order valence-corrected chi connectivity index (χ2v) is 8.76. The van der Waals surface area contributed by atoms with Crippen molar-refractivity contribution in [2.24, 2.45) is 17.3 Å². The van der Waals surface area contributed by atoms with E-state index in [1.54, 1.807) is 0 Å². The molecule has 9 heteroatoms. The average molecular weight is 404 g/mol. The van der Waals surface area contributed by atoms with Crippen molar-refractivity contribution in [3.8, 4) is 0 Å². The standard InChI is InChI=1S/C19H26F2O7/c1-11(22)26-8-14(23)9-27-16(25)18-4-12-3-13(5-18)7-19(6-12,10-18)28-15(24)17(2,20)21/h12-14,23H,3-10H2,1-2H3. The van der Waals surface area contributed by atoms with Crippen LogP contribution in [0.1, 0.15) is 52.4 Å². The Morgan fingerprint density at radius 2 is 1.68 bits per heavy atom. The molecule has 3 unspecified atom stereocenters. The summed E-state index contributed by atoms with van der Waals surface area (Å²) in [7, 11) is 0. The highest BCUT2D eigenvalue weighted by molar-refractivity contribution is 5.79. The van der Waals surface area contributed by atoms with Gasteiger partial charge >= 0.3 is 23.8 Å². The topological polar surface area (TPSA) is 99.1 Å². The van der Waals surface area contributed by atoms with E-state index in [4.69, 9.17) is 9.47 Å². The minimum Gasteiger partial charge on any atom is -0.463 e. The van der Waals surface area contributed by atoms with Gasteiger partial charge in [0.25, 0.3) is 0 Å². The monoisotopic (exact) mass is 404 g/mol. The Kier molecular flexibility index (Phi) is 5.42. The van der Waals surface area contributed by atoms with Gasteiger partial charge in [-0.3, -0.25) is 9.59 Å². The minimum absolute atomic E-state index is 0.109. The summed E-state index contributed by atoms with van der Waals surface area (Å²) in [4.78, 5) is 35.4. The predicted octanol–water partition coefficient (Wildman–Crippen LogP) is 1.99. The maximum atomic E-state index is 13.4. The Hall–Kier alpha value is -1.77. The molecule has 0 aromatic rings. The molecule has 4 aliphatic rings. The van der Waals surface area contributed by atoms with Crippen molar-refractivity contribution < 1.29 is 42.5 Å². The minimum atomic E-state index is -3.59. The Labute approximate surface area is 161 Å². The van der Waals surface area contributed by atoms with Gasteiger partial charge in [-0.25, -0.2) is 4.79 Å². The number of aliphatic hydroxyl groups is 1. The summed E-state index contributed by atoms with van der Waals surface area (Å²) in [6.07, 6.45) is 1.98. The molecular weight excluding hydrogens is 378 g/mol. The van der Waals surface area contributed by atoms with Gasteiger partial charge in [0.2, 0.25) is 0 Å². The largest absolute Gasteiger partial charge is 0.463 e. The lowest BCUT2D eigenvalue weighted by molar-refractivity contribution is -0.225. The van der Waals surface area contributed by atoms with Gasteiger partial charge in [-0.2, -0.15) is 8.78 Å². The molecule has 7 nitrogen and oxygen atoms in total. The van der Waals surface area contributed by atoms with E-state index in [9.17, 15) is 28.3 Å². The zero-order valence-corrected chi connectivity index (χ0v) is 16.0. The van der Waals surface area contributed by atoms with Gasteiger partial charge in [-0.1, -0.05) is 0 Å². The number of hydrogen-bond donors (Lipinski definition) is 1. The molecule has 0 spiro atoms. The molecule has 3 atom stereocenters. The first-order valence-corrected chi connectivity index (χ1v) is 9.53. The van der Waals surface area contributed by atoms with E-state index in [2.05, 4.69) is 4.74 Å². The molecule has 4 rings (SSSR count). The number of hydrogen-bond acceptors (Lipinski definition) is 7. The third-order valence-corrected chi connectivity index (χ3v) is 5.99. The van der Waals surface area contributed by atoms with E-state index in [0.29, 0.717) is 32.6 Å². The summed E-state index contributed by atoms with van der Waals surface area (Å²) in [5.74, 6) is -6.00. The highest BCUT2D eigenvalue weighted by atomic mass is 19.3. The van der Waals surface area contributed by atoms with E-state index in [-0.39, 0.29) is 31.5 Å². The van der Waals surface area contributed by atoms with Crippen molar-refractivity contribution in [2.45, 2.75) is 70.0 Å². The van der Waals surface area contributed by atoms with E-state index < -0.39 is 41.0 Å². The maximum Gasteiger partial charge on any atom is 0.377 e. The molecule has 1 N–H and O–H groups in total. The first-order valence-electron chi connectivity index (χ1n) is 9.53. The molecule has 0 saturated heterocycles. The van der Waals surface area contributed by atoms with Gasteiger partial charge < -0.3 is 19.3 Å². The highest BCUT2D eigenvalue weighted by Crippen LogP contribution is 2.63. The molecule has 0 heterocycles. The number of carbonyl (C=O) groups excluding carboxylic acids is 3. The summed E-state index contributed by atoms with van der Waals surface area (Å²) >= 11 is 0. The zero-order chi connectivity index (χ0) is 20.7. The number of carbonyl (C=O) groups is 3. The van der Waals surface area contributed by atoms with Crippen LogP contribution < -0.4 is 0 Å². The van der Waals surface area contributed by atoms with E-state index >= 15 is 0 Å². The number of ether oxygens (including phenoxy) is 3. The van der Waals surface area contributed by atoms with Gasteiger partial charge in [-0.15, -0.1) is 0 Å². The molecule has 158 valence electrons. The van der Waals surface area contributed by atoms with Crippen LogP contribution in [0.4, 0.5) is 8.78 Å². The van der Waals surface area contributed by atoms with E-state index in [1.807, 2.05) is 0 Å². The summed E-state index contributed by atoms with van der Waals surface area (Å²) in [5.41, 5.74) is -1.95. The fourth-order valence-electron chi connectivity index (χ4n) is 5.41. The Morgan fingerprint density at radius 1 is 1.11 bits per heavy atom. The second-order valence-electron chi connectivity index (χ2n) is 8.76. The van der Waals surface area contributed by atoms with Gasteiger partial charge in [0.15, 0.2) is 0 Å². The smallest absolute Gasteiger partial charge is 0.377 e. The highest BCUT2D eigenvalue weighted by Gasteiger charge is 2.63. The number of halogens is 2. The van der Waals surface area contributed by atoms with Crippen LogP contribution in [0.5, 0.6) is 0 Å². The van der Waals surface area contributed by atoms with Crippen molar-refractivity contribution >= 4 is 17.9 Å². The number of esters is 3. The molecule has 28 heavy (non-hydrogen) atoms. The SMILES string of the molecule is CC(=O)OCC(O)COC(=O)C12CC3CC(CC(OC(=O)C(C)(F)F)(C3)C1)C2. The lowest BCUT2D eigenvalue weighted by atomic mass is 9.48. The van der Waals surface area contributed by atoms with Crippen molar-refractivity contribution in [2.75, 3.05) is 13.2 Å². The third kappa shape index (κ3) is 4.29. The molecule has 4 fully saturated rings. The molecule has 4 aliphatic carbocycles. The summed E-state index contributed by atoms with van der Waals surface area (Å²) < 4.78 is 41.9. The van der Waals surface area contributed by atoms with Crippen molar-refractivity contribution in [1.29, 1.82) is 0 Å². The molecule has 0 aromatic carbocycles. The first kappa shape index (κ1) is 21.0. The number of aliphatic hydroxyl groups excluding tert-OH is 1. The van der Waals surface area contributed by atoms with Gasteiger partial charge in [0, 0.05) is 20.3 Å². The molecule has 0 radical (unpaired) electrons. The maximum absolute atomic E-state index is 13.4. The number of rotatable bonds is 7. The molecule has 0 amide bonds. The number of alkyl halides is 2. The Balaban J connectivity index is 1.67. The van der Waals surface area contributed by atoms with Crippen LogP contribution in [0, 0.1) is 17.3 Å². The van der Waals surface area contributed by atoms with Crippen LogP contribution in [0.2, 0.25) is 0 Å². The van der Waals surface area contributed by atoms with Crippen molar-refractivity contribution in [3.05, 3.63) is 0 Å². The molecule has 4 saturated carbocycles. The van der Waals surface area contributed by atoms with Crippen LogP contribution in [0.15, 0.2) is 0 Å². The molecular formula is C19H26F2O7. The molecule has 0 aromatic heterocycles. The van der Waals surface area contributed by atoms with Gasteiger partial charge in [0.1, 0.15) is 24.9 Å². The van der Waals surface area contributed by atoms with Crippen molar-refractivity contribution in [3.63, 3.8) is 0 Å². The summed E-state index contributed by atoms with van der Waals surface area (Å²) in [6.45, 7) is 1.09. The van der Waals surface area contributed by atoms with Gasteiger partial charge in [0.05, 0.1) is 5.41 Å². The Bertz CT molecular complexity index is 643. The van der Waals surface area contributed by atoms with Crippen LogP contribution >= 0.6 is 0 Å². The third-order valence-electron chi connectivity index (χ3n) is 5.99. The van der Waals surface area contributed by atoms with Crippen LogP contribution in [0.25, 0.3) is 0 Å². The fraction of sp³-hybridized carbons (Fsp3) is 0.842. The van der Waals surface area contributed by atoms with Crippen LogP contribution in [-0.2, 0) is 28.6 Å². The second kappa shape index (κ2) is 7.24. The zero-order valence-electron chi connectivity index (χ0n) is 16.0. The van der Waals surface area contributed by atoms with Crippen LogP contribution in [-0.4, -0.2) is 53.9 Å². The van der Waals surface area contributed by atoms with E-state index in [0.717, 1.165) is 6.42 Å². The summed E-state index contributed by atoms with van der Waals surface area (Å²) in [5, 5.41) is 9.78. The van der Waals surface area contributed by atoms with Crippen LogP contribution in [0.3, 0.4) is 0 Å². The average Bonchev–Trinajstić information content (AvgIpc) is 2.55. The first-order chi connectivity index (χ1) is 12.9. The Morgan fingerprint density at radius 3 is 2.21 bits per heavy atom. The summed E-state index contributed by atoms with van der Waals surface area (Å²) in [6, 6.07) is 0. The lowest BCUT2D eigenvalue weighted by Crippen LogP contribution is -2.60. The van der Waals surface area contributed by atoms with Gasteiger partial charge in [-0.05, 0) is 43.9 Å². The quantitative estimate of drug-likeness (QED) is 0.512. The molecule has 0 aliphatic heterocycles. The normalized spacial score (nSPS) is 34.6. The lowest BCUT2D eigenvalue weighted by Gasteiger charge is -2.59. The fourth-order valence-corrected chi connectivity index (χ4v) is 5.41.